The number of halogens is 3. The third kappa shape index (κ3) is 2.89. The normalized spacial score (nSPS) is 20.1. The summed E-state index contributed by atoms with van der Waals surface area (Å²) in [6.07, 6.45) is 0. The lowest BCUT2D eigenvalue weighted by atomic mass is 9.77. The van der Waals surface area contributed by atoms with Crippen LogP contribution in [0.2, 0.25) is 0 Å². The predicted octanol–water partition coefficient (Wildman–Crippen LogP) is 3.03. The van der Waals surface area contributed by atoms with Crippen molar-refractivity contribution in [3.63, 3.8) is 0 Å². The van der Waals surface area contributed by atoms with Gasteiger partial charge in [0.25, 0.3) is 0 Å². The van der Waals surface area contributed by atoms with Crippen molar-refractivity contribution >= 4 is 12.6 Å². The predicted molar refractivity (Wildman–Crippen MR) is 73.5 cm³/mol. The van der Waals surface area contributed by atoms with Crippen LogP contribution in [0.4, 0.5) is 13.2 Å². The largest absolute Gasteiger partial charge is 0.498 e. The average Bonchev–Trinajstić information content (AvgIpc) is 2.54. The fourth-order valence-electron chi connectivity index (χ4n) is 2.09. The van der Waals surface area contributed by atoms with Crippen LogP contribution in [0, 0.1) is 12.7 Å². The summed E-state index contributed by atoms with van der Waals surface area (Å²) in [6.45, 7) is 5.70. The van der Waals surface area contributed by atoms with Crippen LogP contribution < -0.4 is 10.2 Å². The Balaban J connectivity index is 2.44. The topological polar surface area (TPSA) is 27.7 Å². The number of rotatable bonds is 3. The van der Waals surface area contributed by atoms with Crippen molar-refractivity contribution in [2.24, 2.45) is 0 Å². The molecule has 1 heterocycles. The maximum Gasteiger partial charge on any atom is 0.498 e. The zero-order chi connectivity index (χ0) is 16.0. The Labute approximate surface area is 122 Å². The van der Waals surface area contributed by atoms with E-state index >= 15 is 0 Å². The highest BCUT2D eigenvalue weighted by Crippen LogP contribution is 2.37. The molecule has 1 saturated heterocycles. The summed E-state index contributed by atoms with van der Waals surface area (Å²) in [6, 6.07) is 2.54. The van der Waals surface area contributed by atoms with Crippen LogP contribution in [0.25, 0.3) is 0 Å². The van der Waals surface area contributed by atoms with Gasteiger partial charge < -0.3 is 14.0 Å². The van der Waals surface area contributed by atoms with E-state index in [9.17, 15) is 13.2 Å². The minimum atomic E-state index is -3.05. The lowest BCUT2D eigenvalue weighted by molar-refractivity contribution is -0.0498. The summed E-state index contributed by atoms with van der Waals surface area (Å²) in [5.74, 6) is -0.852. The molecular formula is C14H18BF3O3. The van der Waals surface area contributed by atoms with Crippen LogP contribution in [0.15, 0.2) is 12.1 Å². The van der Waals surface area contributed by atoms with Gasteiger partial charge in [0, 0.05) is 11.0 Å². The van der Waals surface area contributed by atoms with E-state index in [0.29, 0.717) is 0 Å². The van der Waals surface area contributed by atoms with E-state index in [4.69, 9.17) is 9.31 Å². The molecule has 0 aromatic heterocycles. The highest BCUT2D eigenvalue weighted by molar-refractivity contribution is 6.63. The van der Waals surface area contributed by atoms with Gasteiger partial charge in [-0.25, -0.2) is 4.39 Å². The first-order chi connectivity index (χ1) is 9.55. The van der Waals surface area contributed by atoms with E-state index in [0.717, 1.165) is 0 Å². The van der Waals surface area contributed by atoms with E-state index in [2.05, 4.69) is 4.74 Å². The summed E-state index contributed by atoms with van der Waals surface area (Å²) in [5.41, 5.74) is -0.986. The molecule has 0 unspecified atom stereocenters. The summed E-state index contributed by atoms with van der Waals surface area (Å²) >= 11 is 0. The summed E-state index contributed by atoms with van der Waals surface area (Å²) in [7, 11) is -0.886. The fourth-order valence-corrected chi connectivity index (χ4v) is 2.09. The SMILES string of the molecule is Cc1c(F)ccc(B2OC(C)(C)C(C)(C)O2)c1OC(F)F. The number of hydrogen-bond acceptors (Lipinski definition) is 3. The van der Waals surface area contributed by atoms with E-state index in [1.165, 1.54) is 19.1 Å². The van der Waals surface area contributed by atoms with E-state index < -0.39 is 30.7 Å². The van der Waals surface area contributed by atoms with Gasteiger partial charge in [0.15, 0.2) is 0 Å². The fraction of sp³-hybridized carbons (Fsp3) is 0.571. The first-order valence-corrected chi connectivity index (χ1v) is 6.64. The van der Waals surface area contributed by atoms with Gasteiger partial charge in [0.2, 0.25) is 0 Å². The Kier molecular flexibility index (Phi) is 4.01. The van der Waals surface area contributed by atoms with Gasteiger partial charge in [0.05, 0.1) is 11.2 Å². The highest BCUT2D eigenvalue weighted by atomic mass is 19.3. The van der Waals surface area contributed by atoms with Gasteiger partial charge in [-0.15, -0.1) is 0 Å². The molecule has 0 amide bonds. The minimum absolute atomic E-state index is 0.00233. The Bertz CT molecular complexity index is 531. The van der Waals surface area contributed by atoms with Crippen LogP contribution in [-0.4, -0.2) is 24.9 Å². The van der Waals surface area contributed by atoms with E-state index in [1.807, 2.05) is 27.7 Å². The van der Waals surface area contributed by atoms with Crippen LogP contribution in [-0.2, 0) is 9.31 Å². The molecule has 1 fully saturated rings. The molecule has 0 saturated carbocycles. The lowest BCUT2D eigenvalue weighted by Gasteiger charge is -2.32. The van der Waals surface area contributed by atoms with Crippen molar-refractivity contribution in [3.05, 3.63) is 23.5 Å². The molecule has 21 heavy (non-hydrogen) atoms. The monoisotopic (exact) mass is 302 g/mol. The number of alkyl halides is 2. The Morgan fingerprint density at radius 3 is 2.10 bits per heavy atom. The molecular weight excluding hydrogens is 284 g/mol. The number of ether oxygens (including phenoxy) is 1. The molecule has 0 atom stereocenters. The Morgan fingerprint density at radius 1 is 1.10 bits per heavy atom. The Hall–Kier alpha value is -1.21. The first-order valence-electron chi connectivity index (χ1n) is 6.64. The highest BCUT2D eigenvalue weighted by Gasteiger charge is 2.52. The molecule has 1 aliphatic heterocycles. The number of hydrogen-bond donors (Lipinski definition) is 0. The van der Waals surface area contributed by atoms with Crippen molar-refractivity contribution in [1.82, 2.24) is 0 Å². The molecule has 116 valence electrons. The molecule has 1 aliphatic rings. The van der Waals surface area contributed by atoms with Crippen LogP contribution in [0.5, 0.6) is 5.75 Å². The third-order valence-electron chi connectivity index (χ3n) is 4.08. The van der Waals surface area contributed by atoms with Crippen LogP contribution >= 0.6 is 0 Å². The molecule has 0 radical (unpaired) electrons. The minimum Gasteiger partial charge on any atom is -0.435 e. The maximum atomic E-state index is 13.6. The molecule has 3 nitrogen and oxygen atoms in total. The van der Waals surface area contributed by atoms with Crippen LogP contribution in [0.1, 0.15) is 33.3 Å². The smallest absolute Gasteiger partial charge is 0.435 e. The van der Waals surface area contributed by atoms with Crippen molar-refractivity contribution in [3.8, 4) is 5.75 Å². The number of benzene rings is 1. The molecule has 0 spiro atoms. The first kappa shape index (κ1) is 16.2. The summed E-state index contributed by atoms with van der Waals surface area (Å²) < 4.78 is 54.8. The van der Waals surface area contributed by atoms with Gasteiger partial charge in [-0.2, -0.15) is 8.78 Å². The third-order valence-corrected chi connectivity index (χ3v) is 4.08. The molecule has 0 N–H and O–H groups in total. The van der Waals surface area contributed by atoms with Gasteiger partial charge in [-0.3, -0.25) is 0 Å². The maximum absolute atomic E-state index is 13.6. The van der Waals surface area contributed by atoms with Gasteiger partial charge in [-0.1, -0.05) is 6.07 Å². The zero-order valence-corrected chi connectivity index (χ0v) is 12.7. The standard InChI is InChI=1S/C14H18BF3O3/c1-8-10(16)7-6-9(11(8)19-12(17)18)15-20-13(2,3)14(4,5)21-15/h6-7,12H,1-5H3. The van der Waals surface area contributed by atoms with Crippen molar-refractivity contribution < 1.29 is 27.2 Å². The average molecular weight is 302 g/mol. The molecule has 1 aromatic carbocycles. The quantitative estimate of drug-likeness (QED) is 0.803. The molecule has 7 heteroatoms. The molecule has 0 aliphatic carbocycles. The summed E-state index contributed by atoms with van der Waals surface area (Å²) in [5, 5.41) is 0. The molecule has 1 aromatic rings. The van der Waals surface area contributed by atoms with Crippen molar-refractivity contribution in [2.75, 3.05) is 0 Å². The lowest BCUT2D eigenvalue weighted by Crippen LogP contribution is -2.41. The van der Waals surface area contributed by atoms with Gasteiger partial charge in [0.1, 0.15) is 11.6 Å². The molecule has 0 bridgehead atoms. The zero-order valence-electron chi connectivity index (χ0n) is 12.7. The van der Waals surface area contributed by atoms with Crippen LogP contribution in [0.3, 0.4) is 0 Å². The van der Waals surface area contributed by atoms with Gasteiger partial charge >= 0.3 is 13.7 Å². The van der Waals surface area contributed by atoms with Crippen molar-refractivity contribution in [1.29, 1.82) is 0 Å². The van der Waals surface area contributed by atoms with Gasteiger partial charge in [-0.05, 0) is 40.7 Å². The summed E-state index contributed by atoms with van der Waals surface area (Å²) in [4.78, 5) is 0. The Morgan fingerprint density at radius 2 is 1.62 bits per heavy atom. The second-order valence-corrected chi connectivity index (χ2v) is 6.06. The second-order valence-electron chi connectivity index (χ2n) is 6.06. The second kappa shape index (κ2) is 5.21. The van der Waals surface area contributed by atoms with Crippen molar-refractivity contribution in [2.45, 2.75) is 52.4 Å². The van der Waals surface area contributed by atoms with E-state index in [1.54, 1.807) is 0 Å². The van der Waals surface area contributed by atoms with E-state index in [-0.39, 0.29) is 16.8 Å². The molecule has 2 rings (SSSR count).